The maximum absolute atomic E-state index is 13.1. The summed E-state index contributed by atoms with van der Waals surface area (Å²) in [4.78, 5) is 12.5. The molecule has 0 saturated carbocycles. The lowest BCUT2D eigenvalue weighted by molar-refractivity contribution is 0.103. The average Bonchev–Trinajstić information content (AvgIpc) is 2.45. The number of ketones is 1. The standard InChI is InChI=1S/C18H19FO/c1-4-13-6-7-15(11-14(13)5-2)18(20)17-9-8-16(19)10-12(17)3/h6-11H,4-5H2,1-3H3. The predicted octanol–water partition coefficient (Wildman–Crippen LogP) is 4.49. The Morgan fingerprint density at radius 3 is 2.30 bits per heavy atom. The molecule has 0 heterocycles. The minimum atomic E-state index is -0.311. The molecule has 2 aromatic carbocycles. The van der Waals surface area contributed by atoms with Crippen LogP contribution in [0.4, 0.5) is 4.39 Å². The lowest BCUT2D eigenvalue weighted by Crippen LogP contribution is -2.05. The van der Waals surface area contributed by atoms with E-state index in [1.54, 1.807) is 13.0 Å². The molecular formula is C18H19FO. The molecule has 0 atom stereocenters. The van der Waals surface area contributed by atoms with Crippen LogP contribution < -0.4 is 0 Å². The summed E-state index contributed by atoms with van der Waals surface area (Å²) in [5, 5.41) is 0. The Morgan fingerprint density at radius 2 is 1.70 bits per heavy atom. The smallest absolute Gasteiger partial charge is 0.193 e. The van der Waals surface area contributed by atoms with Gasteiger partial charge in [0.05, 0.1) is 0 Å². The van der Waals surface area contributed by atoms with Crippen molar-refractivity contribution in [2.45, 2.75) is 33.6 Å². The zero-order valence-corrected chi connectivity index (χ0v) is 12.2. The summed E-state index contributed by atoms with van der Waals surface area (Å²) < 4.78 is 13.1. The van der Waals surface area contributed by atoms with Crippen LogP contribution in [0.15, 0.2) is 36.4 Å². The number of benzene rings is 2. The Hall–Kier alpha value is -1.96. The lowest BCUT2D eigenvalue weighted by Gasteiger charge is -2.10. The van der Waals surface area contributed by atoms with E-state index in [0.29, 0.717) is 16.7 Å². The maximum Gasteiger partial charge on any atom is 0.193 e. The summed E-state index contributed by atoms with van der Waals surface area (Å²) >= 11 is 0. The Morgan fingerprint density at radius 1 is 1.00 bits per heavy atom. The van der Waals surface area contributed by atoms with Crippen molar-refractivity contribution in [1.29, 1.82) is 0 Å². The summed E-state index contributed by atoms with van der Waals surface area (Å²) in [6.45, 7) is 5.96. The van der Waals surface area contributed by atoms with Crippen LogP contribution in [-0.4, -0.2) is 5.78 Å². The van der Waals surface area contributed by atoms with Crippen LogP contribution in [0.3, 0.4) is 0 Å². The van der Waals surface area contributed by atoms with Crippen LogP contribution in [0.2, 0.25) is 0 Å². The van der Waals surface area contributed by atoms with Crippen molar-refractivity contribution in [3.05, 3.63) is 70.0 Å². The van der Waals surface area contributed by atoms with Crippen molar-refractivity contribution < 1.29 is 9.18 Å². The minimum Gasteiger partial charge on any atom is -0.289 e. The fourth-order valence-electron chi connectivity index (χ4n) is 2.48. The number of hydrogen-bond donors (Lipinski definition) is 0. The van der Waals surface area contributed by atoms with Crippen molar-refractivity contribution in [2.75, 3.05) is 0 Å². The molecule has 2 rings (SSSR count). The largest absolute Gasteiger partial charge is 0.289 e. The molecule has 2 aromatic rings. The number of hydrogen-bond acceptors (Lipinski definition) is 1. The molecule has 0 spiro atoms. The third-order valence-electron chi connectivity index (χ3n) is 3.66. The zero-order chi connectivity index (χ0) is 14.7. The number of carbonyl (C=O) groups is 1. The third kappa shape index (κ3) is 2.79. The van der Waals surface area contributed by atoms with Gasteiger partial charge in [-0.3, -0.25) is 4.79 Å². The first-order valence-electron chi connectivity index (χ1n) is 6.99. The molecule has 104 valence electrons. The molecule has 0 N–H and O–H groups in total. The van der Waals surface area contributed by atoms with Crippen LogP contribution in [0.5, 0.6) is 0 Å². The molecule has 0 unspecified atom stereocenters. The van der Waals surface area contributed by atoms with Gasteiger partial charge in [-0.25, -0.2) is 4.39 Å². The Kier molecular flexibility index (Phi) is 4.33. The molecule has 0 radical (unpaired) electrons. The summed E-state index contributed by atoms with van der Waals surface area (Å²) in [7, 11) is 0. The number of rotatable bonds is 4. The summed E-state index contributed by atoms with van der Waals surface area (Å²) in [6.07, 6.45) is 1.87. The van der Waals surface area contributed by atoms with Gasteiger partial charge in [-0.2, -0.15) is 0 Å². The fraction of sp³-hybridized carbons (Fsp3) is 0.278. The van der Waals surface area contributed by atoms with Crippen molar-refractivity contribution >= 4 is 5.78 Å². The Labute approximate surface area is 119 Å². The lowest BCUT2D eigenvalue weighted by atomic mass is 9.94. The van der Waals surface area contributed by atoms with E-state index in [0.717, 1.165) is 12.8 Å². The van der Waals surface area contributed by atoms with Gasteiger partial charge in [-0.1, -0.05) is 26.0 Å². The van der Waals surface area contributed by atoms with Gasteiger partial charge in [0.2, 0.25) is 0 Å². The summed E-state index contributed by atoms with van der Waals surface area (Å²) in [6, 6.07) is 10.1. The molecule has 20 heavy (non-hydrogen) atoms. The van der Waals surface area contributed by atoms with Gasteiger partial charge in [0, 0.05) is 11.1 Å². The molecule has 0 aliphatic rings. The second-order valence-electron chi connectivity index (χ2n) is 4.98. The van der Waals surface area contributed by atoms with Crippen molar-refractivity contribution in [1.82, 2.24) is 0 Å². The van der Waals surface area contributed by atoms with Crippen LogP contribution in [-0.2, 0) is 12.8 Å². The van der Waals surface area contributed by atoms with Crippen LogP contribution in [0.1, 0.15) is 46.5 Å². The molecule has 0 saturated heterocycles. The monoisotopic (exact) mass is 270 g/mol. The molecule has 0 aliphatic heterocycles. The van der Waals surface area contributed by atoms with Crippen LogP contribution >= 0.6 is 0 Å². The number of aryl methyl sites for hydroxylation is 3. The van der Waals surface area contributed by atoms with E-state index in [1.165, 1.54) is 23.3 Å². The van der Waals surface area contributed by atoms with E-state index in [4.69, 9.17) is 0 Å². The highest BCUT2D eigenvalue weighted by Crippen LogP contribution is 2.19. The molecule has 0 amide bonds. The summed E-state index contributed by atoms with van der Waals surface area (Å²) in [5.74, 6) is -0.352. The predicted molar refractivity (Wildman–Crippen MR) is 79.8 cm³/mol. The van der Waals surface area contributed by atoms with E-state index in [-0.39, 0.29) is 11.6 Å². The Bertz CT molecular complexity index is 644. The highest BCUT2D eigenvalue weighted by molar-refractivity contribution is 6.10. The van der Waals surface area contributed by atoms with E-state index in [2.05, 4.69) is 13.8 Å². The Balaban J connectivity index is 2.43. The second kappa shape index (κ2) is 6.00. The van der Waals surface area contributed by atoms with Crippen molar-refractivity contribution in [2.24, 2.45) is 0 Å². The fourth-order valence-corrected chi connectivity index (χ4v) is 2.48. The SMILES string of the molecule is CCc1ccc(C(=O)c2ccc(F)cc2C)cc1CC. The molecular weight excluding hydrogens is 251 g/mol. The van der Waals surface area contributed by atoms with Crippen molar-refractivity contribution in [3.8, 4) is 0 Å². The first kappa shape index (κ1) is 14.4. The normalized spacial score (nSPS) is 10.6. The van der Waals surface area contributed by atoms with Gasteiger partial charge in [0.25, 0.3) is 0 Å². The summed E-state index contributed by atoms with van der Waals surface area (Å²) in [5.41, 5.74) is 4.40. The maximum atomic E-state index is 13.1. The molecule has 0 aromatic heterocycles. The first-order chi connectivity index (χ1) is 9.56. The van der Waals surface area contributed by atoms with Crippen LogP contribution in [0.25, 0.3) is 0 Å². The highest BCUT2D eigenvalue weighted by atomic mass is 19.1. The van der Waals surface area contributed by atoms with Gasteiger partial charge in [-0.05, 0) is 60.7 Å². The minimum absolute atomic E-state index is 0.0418. The van der Waals surface area contributed by atoms with E-state index >= 15 is 0 Å². The van der Waals surface area contributed by atoms with Gasteiger partial charge < -0.3 is 0 Å². The zero-order valence-electron chi connectivity index (χ0n) is 12.2. The van der Waals surface area contributed by atoms with Crippen LogP contribution in [0, 0.1) is 12.7 Å². The number of carbonyl (C=O) groups excluding carboxylic acids is 1. The molecule has 0 bridgehead atoms. The molecule has 0 aliphatic carbocycles. The highest BCUT2D eigenvalue weighted by Gasteiger charge is 2.13. The van der Waals surface area contributed by atoms with Gasteiger partial charge in [-0.15, -0.1) is 0 Å². The second-order valence-corrected chi connectivity index (χ2v) is 4.98. The van der Waals surface area contributed by atoms with Gasteiger partial charge >= 0.3 is 0 Å². The molecule has 2 heteroatoms. The van der Waals surface area contributed by atoms with E-state index in [1.807, 2.05) is 18.2 Å². The number of halogens is 1. The van der Waals surface area contributed by atoms with Gasteiger partial charge in [0.15, 0.2) is 5.78 Å². The average molecular weight is 270 g/mol. The molecule has 1 nitrogen and oxygen atoms in total. The topological polar surface area (TPSA) is 17.1 Å². The molecule has 0 fully saturated rings. The van der Waals surface area contributed by atoms with Gasteiger partial charge in [0.1, 0.15) is 5.82 Å². The van der Waals surface area contributed by atoms with E-state index < -0.39 is 0 Å². The van der Waals surface area contributed by atoms with Crippen molar-refractivity contribution in [3.63, 3.8) is 0 Å². The quantitative estimate of drug-likeness (QED) is 0.748. The third-order valence-corrected chi connectivity index (χ3v) is 3.66. The van der Waals surface area contributed by atoms with E-state index in [9.17, 15) is 9.18 Å². The first-order valence-corrected chi connectivity index (χ1v) is 6.99.